The van der Waals surface area contributed by atoms with Crippen molar-refractivity contribution in [1.82, 2.24) is 9.80 Å². The molecule has 0 saturated carbocycles. The lowest BCUT2D eigenvalue weighted by molar-refractivity contribution is 0.0897. The molecule has 1 atom stereocenters. The molecule has 1 amide bonds. The lowest BCUT2D eigenvalue weighted by atomic mass is 9.88. The van der Waals surface area contributed by atoms with E-state index in [1.54, 1.807) is 0 Å². The zero-order valence-electron chi connectivity index (χ0n) is 10.3. The third kappa shape index (κ3) is 2.32. The van der Waals surface area contributed by atoms with Crippen LogP contribution in [0.15, 0.2) is 0 Å². The van der Waals surface area contributed by atoms with Gasteiger partial charge in [0, 0.05) is 12.6 Å². The molecule has 16 heavy (non-hydrogen) atoms. The molecule has 2 heterocycles. The molecule has 2 rings (SSSR count). The molecule has 2 fully saturated rings. The van der Waals surface area contributed by atoms with Gasteiger partial charge in [0.2, 0.25) is 0 Å². The number of ether oxygens (including phenoxy) is 1. The van der Waals surface area contributed by atoms with Crippen molar-refractivity contribution in [2.45, 2.75) is 31.7 Å². The second-order valence-corrected chi connectivity index (χ2v) is 5.01. The highest BCUT2D eigenvalue weighted by Crippen LogP contribution is 2.31. The first kappa shape index (κ1) is 11.7. The summed E-state index contributed by atoms with van der Waals surface area (Å²) >= 11 is 0. The summed E-state index contributed by atoms with van der Waals surface area (Å²) in [4.78, 5) is 15.9. The fraction of sp³-hybridized carbons (Fsp3) is 0.917. The summed E-state index contributed by atoms with van der Waals surface area (Å²) in [5.41, 5.74) is 0. The van der Waals surface area contributed by atoms with Crippen LogP contribution in [0.1, 0.15) is 25.7 Å². The number of rotatable bonds is 1. The quantitative estimate of drug-likeness (QED) is 0.680. The monoisotopic (exact) mass is 226 g/mol. The number of amides is 1. The number of piperidine rings is 1. The van der Waals surface area contributed by atoms with Crippen molar-refractivity contribution in [3.63, 3.8) is 0 Å². The number of carbonyl (C=O) groups is 1. The van der Waals surface area contributed by atoms with Crippen LogP contribution >= 0.6 is 0 Å². The maximum Gasteiger partial charge on any atom is 0.409 e. The Kier molecular flexibility index (Phi) is 3.69. The number of carbonyl (C=O) groups excluding carboxylic acids is 1. The minimum Gasteiger partial charge on any atom is -0.453 e. The SMILES string of the molecule is COC(=O)N1CCCC1C1CCN(C)CC1. The molecule has 2 aliphatic rings. The largest absolute Gasteiger partial charge is 0.453 e. The summed E-state index contributed by atoms with van der Waals surface area (Å²) in [7, 11) is 3.65. The molecule has 0 bridgehead atoms. The minimum atomic E-state index is -0.138. The molecule has 4 heteroatoms. The lowest BCUT2D eigenvalue weighted by Gasteiger charge is -2.36. The molecule has 4 nitrogen and oxygen atoms in total. The van der Waals surface area contributed by atoms with Gasteiger partial charge in [0.25, 0.3) is 0 Å². The van der Waals surface area contributed by atoms with Crippen molar-refractivity contribution in [3.8, 4) is 0 Å². The smallest absolute Gasteiger partial charge is 0.409 e. The van der Waals surface area contributed by atoms with Gasteiger partial charge in [-0.15, -0.1) is 0 Å². The van der Waals surface area contributed by atoms with E-state index in [0.29, 0.717) is 12.0 Å². The Morgan fingerprint density at radius 2 is 1.88 bits per heavy atom. The van der Waals surface area contributed by atoms with Gasteiger partial charge in [0.1, 0.15) is 0 Å². The molecule has 2 saturated heterocycles. The Bertz CT molecular complexity index is 249. The summed E-state index contributed by atoms with van der Waals surface area (Å²) in [5.74, 6) is 0.679. The van der Waals surface area contributed by atoms with Gasteiger partial charge in [-0.25, -0.2) is 4.79 Å². The van der Waals surface area contributed by atoms with Crippen LogP contribution in [0, 0.1) is 5.92 Å². The van der Waals surface area contributed by atoms with Gasteiger partial charge in [-0.05, 0) is 51.7 Å². The van der Waals surface area contributed by atoms with E-state index in [1.807, 2.05) is 4.90 Å². The van der Waals surface area contributed by atoms with E-state index in [1.165, 1.54) is 20.0 Å². The van der Waals surface area contributed by atoms with Crippen molar-refractivity contribution in [2.75, 3.05) is 33.8 Å². The van der Waals surface area contributed by atoms with Crippen LogP contribution in [-0.4, -0.2) is 55.7 Å². The third-order valence-corrected chi connectivity index (χ3v) is 4.02. The highest BCUT2D eigenvalue weighted by molar-refractivity contribution is 5.68. The Morgan fingerprint density at radius 1 is 1.19 bits per heavy atom. The molecule has 0 N–H and O–H groups in total. The number of methoxy groups -OCH3 is 1. The molecular formula is C12H22N2O2. The van der Waals surface area contributed by atoms with Crippen LogP contribution in [0.5, 0.6) is 0 Å². The third-order valence-electron chi connectivity index (χ3n) is 4.02. The zero-order valence-corrected chi connectivity index (χ0v) is 10.3. The maximum atomic E-state index is 11.6. The van der Waals surface area contributed by atoms with Crippen molar-refractivity contribution < 1.29 is 9.53 Å². The van der Waals surface area contributed by atoms with E-state index in [0.717, 1.165) is 32.5 Å². The first-order valence-corrected chi connectivity index (χ1v) is 6.25. The number of hydrogen-bond acceptors (Lipinski definition) is 3. The van der Waals surface area contributed by atoms with Crippen LogP contribution in [0.25, 0.3) is 0 Å². The first-order chi connectivity index (χ1) is 7.72. The average molecular weight is 226 g/mol. The van der Waals surface area contributed by atoms with Crippen LogP contribution < -0.4 is 0 Å². The van der Waals surface area contributed by atoms with Gasteiger partial charge in [-0.3, -0.25) is 0 Å². The Morgan fingerprint density at radius 3 is 2.50 bits per heavy atom. The predicted octanol–water partition coefficient (Wildman–Crippen LogP) is 1.56. The predicted molar refractivity (Wildman–Crippen MR) is 62.4 cm³/mol. The topological polar surface area (TPSA) is 32.8 Å². The van der Waals surface area contributed by atoms with E-state index >= 15 is 0 Å². The second-order valence-electron chi connectivity index (χ2n) is 5.01. The van der Waals surface area contributed by atoms with Crippen molar-refractivity contribution >= 4 is 6.09 Å². The molecule has 0 aromatic rings. The van der Waals surface area contributed by atoms with E-state index < -0.39 is 0 Å². The van der Waals surface area contributed by atoms with E-state index in [2.05, 4.69) is 11.9 Å². The standard InChI is InChI=1S/C12H22N2O2/c1-13-8-5-10(6-9-13)11-4-3-7-14(11)12(15)16-2/h10-11H,3-9H2,1-2H3. The fourth-order valence-electron chi connectivity index (χ4n) is 3.04. The molecule has 0 aromatic heterocycles. The Labute approximate surface area is 97.5 Å². The van der Waals surface area contributed by atoms with Crippen LogP contribution in [0.4, 0.5) is 4.79 Å². The summed E-state index contributed by atoms with van der Waals surface area (Å²) in [6.07, 6.45) is 4.58. The molecule has 1 unspecified atom stereocenters. The summed E-state index contributed by atoms with van der Waals surface area (Å²) in [5, 5.41) is 0. The molecule has 2 aliphatic heterocycles. The lowest BCUT2D eigenvalue weighted by Crippen LogP contribution is -2.44. The highest BCUT2D eigenvalue weighted by Gasteiger charge is 2.36. The van der Waals surface area contributed by atoms with Gasteiger partial charge >= 0.3 is 6.09 Å². The van der Waals surface area contributed by atoms with Gasteiger partial charge in [0.15, 0.2) is 0 Å². The van der Waals surface area contributed by atoms with Crippen LogP contribution in [0.2, 0.25) is 0 Å². The molecule has 0 aromatic carbocycles. The summed E-state index contributed by atoms with van der Waals surface area (Å²) in [6, 6.07) is 0.432. The second kappa shape index (κ2) is 5.04. The molecule has 0 aliphatic carbocycles. The number of nitrogens with zero attached hydrogens (tertiary/aromatic N) is 2. The normalized spacial score (nSPS) is 28.4. The van der Waals surface area contributed by atoms with E-state index in [4.69, 9.17) is 4.74 Å². The summed E-state index contributed by atoms with van der Waals surface area (Å²) in [6.45, 7) is 3.20. The van der Waals surface area contributed by atoms with Gasteiger partial charge in [-0.1, -0.05) is 0 Å². The zero-order chi connectivity index (χ0) is 11.5. The van der Waals surface area contributed by atoms with Crippen LogP contribution in [-0.2, 0) is 4.74 Å². The molecule has 0 spiro atoms. The van der Waals surface area contributed by atoms with Gasteiger partial charge < -0.3 is 14.5 Å². The van der Waals surface area contributed by atoms with Crippen molar-refractivity contribution in [1.29, 1.82) is 0 Å². The molecular weight excluding hydrogens is 204 g/mol. The van der Waals surface area contributed by atoms with E-state index in [-0.39, 0.29) is 6.09 Å². The summed E-state index contributed by atoms with van der Waals surface area (Å²) < 4.78 is 4.85. The molecule has 92 valence electrons. The molecule has 0 radical (unpaired) electrons. The highest BCUT2D eigenvalue weighted by atomic mass is 16.5. The van der Waals surface area contributed by atoms with Gasteiger partial charge in [-0.2, -0.15) is 0 Å². The van der Waals surface area contributed by atoms with Crippen molar-refractivity contribution in [3.05, 3.63) is 0 Å². The maximum absolute atomic E-state index is 11.6. The van der Waals surface area contributed by atoms with E-state index in [9.17, 15) is 4.79 Å². The van der Waals surface area contributed by atoms with Crippen molar-refractivity contribution in [2.24, 2.45) is 5.92 Å². The minimum absolute atomic E-state index is 0.138. The average Bonchev–Trinajstić information content (AvgIpc) is 2.78. The Balaban J connectivity index is 1.94. The van der Waals surface area contributed by atoms with Crippen LogP contribution in [0.3, 0.4) is 0 Å². The first-order valence-electron chi connectivity index (χ1n) is 6.25. The Hall–Kier alpha value is -0.770. The number of hydrogen-bond donors (Lipinski definition) is 0. The number of likely N-dealkylation sites (tertiary alicyclic amines) is 2. The van der Waals surface area contributed by atoms with Gasteiger partial charge in [0.05, 0.1) is 7.11 Å². The fourth-order valence-corrected chi connectivity index (χ4v) is 3.04.